The average molecular weight is 757 g/mol. The van der Waals surface area contributed by atoms with Gasteiger partial charge in [-0.2, -0.15) is 13.2 Å². The van der Waals surface area contributed by atoms with Crippen molar-refractivity contribution in [2.75, 3.05) is 13.2 Å². The SMILES string of the molecule is C[C@H]1O[C@H](COc2cnc(C(=O)NCCC[C@]3(O)CC[C@H]4[C@@H]5CCc6cc(O)ccc6[C@H]5CC[C@@]43C)cn2)[C@H](Oc2cccc(C(F)(F)F)n2)[C@@H](O)[C@H]1O. The van der Waals surface area contributed by atoms with Gasteiger partial charge in [0, 0.05) is 12.6 Å². The molecule has 3 fully saturated rings. The van der Waals surface area contributed by atoms with Crippen molar-refractivity contribution in [3.8, 4) is 17.5 Å². The second-order valence-electron chi connectivity index (χ2n) is 15.5. The first-order valence-electron chi connectivity index (χ1n) is 18.7. The summed E-state index contributed by atoms with van der Waals surface area (Å²) in [5, 5.41) is 46.0. The molecule has 1 amide bonds. The summed E-state index contributed by atoms with van der Waals surface area (Å²) in [6, 6.07) is 8.87. The number of nitrogens with one attached hydrogen (secondary N) is 1. The van der Waals surface area contributed by atoms with E-state index in [2.05, 4.69) is 33.3 Å². The number of aromatic nitrogens is 3. The summed E-state index contributed by atoms with van der Waals surface area (Å²) in [6.45, 7) is 3.84. The molecule has 4 aliphatic rings. The maximum atomic E-state index is 13.2. The molecule has 1 aromatic carbocycles. The lowest BCUT2D eigenvalue weighted by Gasteiger charge is -2.53. The second kappa shape index (κ2) is 14.9. The lowest BCUT2D eigenvalue weighted by Crippen LogP contribution is -2.60. The monoisotopic (exact) mass is 756 g/mol. The van der Waals surface area contributed by atoms with E-state index in [1.54, 1.807) is 6.07 Å². The standard InChI is InChI=1S/C39H47F3N4O8/c1-21-33(48)34(49)35(54-31-6-3-5-30(46-31)39(40,41)42)29(53-21)20-52-32-19-44-28(18-45-32)36(50)43-16-4-13-38(51)15-12-27-26-9-7-22-17-23(47)8-10-24(22)25(26)11-14-37(27,38)2/h3,5-6,8,10,17-19,21,25-27,29,33-35,47-49,51H,4,7,9,11-16,20H2,1-2H3,(H,43,50)/t21-,25-,26-,27+,29-,33+,34+,35+,37+,38+/m1/s1. The number of hydrogen-bond acceptors (Lipinski definition) is 11. The van der Waals surface area contributed by atoms with Crippen LogP contribution in [0.4, 0.5) is 13.2 Å². The predicted octanol–water partition coefficient (Wildman–Crippen LogP) is 4.73. The fourth-order valence-electron chi connectivity index (χ4n) is 9.62. The summed E-state index contributed by atoms with van der Waals surface area (Å²) >= 11 is 0. The third kappa shape index (κ3) is 7.35. The average Bonchev–Trinajstić information content (AvgIpc) is 3.42. The minimum atomic E-state index is -4.71. The number of alkyl halides is 3. The summed E-state index contributed by atoms with van der Waals surface area (Å²) in [4.78, 5) is 24.7. The summed E-state index contributed by atoms with van der Waals surface area (Å²) in [7, 11) is 0. The zero-order valence-electron chi connectivity index (χ0n) is 30.2. The molecule has 12 nitrogen and oxygen atoms in total. The number of aliphatic hydroxyl groups is 3. The molecule has 292 valence electrons. The Morgan fingerprint density at radius 1 is 1.06 bits per heavy atom. The van der Waals surface area contributed by atoms with Crippen LogP contribution in [0.25, 0.3) is 0 Å². The molecule has 3 heterocycles. The van der Waals surface area contributed by atoms with Crippen molar-refractivity contribution in [2.45, 2.75) is 113 Å². The van der Waals surface area contributed by atoms with E-state index in [0.717, 1.165) is 50.7 Å². The van der Waals surface area contributed by atoms with Gasteiger partial charge in [0.2, 0.25) is 11.8 Å². The van der Waals surface area contributed by atoms with Crippen molar-refractivity contribution in [1.29, 1.82) is 0 Å². The first-order valence-corrected chi connectivity index (χ1v) is 18.7. The van der Waals surface area contributed by atoms with Crippen molar-refractivity contribution in [1.82, 2.24) is 20.3 Å². The number of benzene rings is 1. The van der Waals surface area contributed by atoms with E-state index in [-0.39, 0.29) is 23.6 Å². The molecule has 2 aromatic heterocycles. The number of phenolic OH excluding ortho intramolecular Hbond substituents is 1. The summed E-state index contributed by atoms with van der Waals surface area (Å²) in [6.07, 6.45) is -1.54. The lowest BCUT2D eigenvalue weighted by atomic mass is 9.53. The zero-order chi connectivity index (χ0) is 38.4. The molecular formula is C39H47F3N4O8. The van der Waals surface area contributed by atoms with Crippen LogP contribution in [0.5, 0.6) is 17.5 Å². The minimum Gasteiger partial charge on any atom is -0.508 e. The van der Waals surface area contributed by atoms with Gasteiger partial charge in [-0.25, -0.2) is 15.0 Å². The number of carbonyl (C=O) groups excluding carboxylic acids is 1. The van der Waals surface area contributed by atoms with Crippen molar-refractivity contribution in [3.63, 3.8) is 0 Å². The number of pyridine rings is 1. The van der Waals surface area contributed by atoms with Gasteiger partial charge in [-0.3, -0.25) is 4.79 Å². The number of aromatic hydroxyl groups is 1. The molecule has 1 saturated heterocycles. The Hall–Kier alpha value is -4.05. The van der Waals surface area contributed by atoms with Gasteiger partial charge in [0.25, 0.3) is 5.91 Å². The molecule has 3 aliphatic carbocycles. The smallest absolute Gasteiger partial charge is 0.433 e. The lowest BCUT2D eigenvalue weighted by molar-refractivity contribution is -0.216. The number of fused-ring (bicyclic) bond motifs is 5. The molecule has 0 bridgehead atoms. The molecule has 15 heteroatoms. The fourth-order valence-corrected chi connectivity index (χ4v) is 9.62. The van der Waals surface area contributed by atoms with Crippen LogP contribution in [0.2, 0.25) is 0 Å². The number of amides is 1. The van der Waals surface area contributed by atoms with Gasteiger partial charge in [0.15, 0.2) is 6.10 Å². The van der Waals surface area contributed by atoms with E-state index in [1.165, 1.54) is 36.5 Å². The van der Waals surface area contributed by atoms with Crippen LogP contribution in [0.3, 0.4) is 0 Å². The van der Waals surface area contributed by atoms with E-state index in [4.69, 9.17) is 14.2 Å². The van der Waals surface area contributed by atoms with Crippen molar-refractivity contribution in [3.05, 3.63) is 71.3 Å². The molecule has 0 unspecified atom stereocenters. The number of hydrogen-bond donors (Lipinski definition) is 5. The molecule has 1 aliphatic heterocycles. The van der Waals surface area contributed by atoms with Gasteiger partial charge in [-0.05, 0) is 111 Å². The Morgan fingerprint density at radius 2 is 1.87 bits per heavy atom. The van der Waals surface area contributed by atoms with E-state index in [9.17, 15) is 38.4 Å². The Labute approximate surface area is 311 Å². The van der Waals surface area contributed by atoms with Crippen molar-refractivity contribution >= 4 is 5.91 Å². The molecule has 7 rings (SSSR count). The van der Waals surface area contributed by atoms with Gasteiger partial charge in [0.1, 0.15) is 42.1 Å². The predicted molar refractivity (Wildman–Crippen MR) is 187 cm³/mol. The normalized spacial score (nSPS) is 33.3. The maximum Gasteiger partial charge on any atom is 0.433 e. The number of aryl methyl sites for hydroxylation is 1. The first kappa shape index (κ1) is 38.2. The number of rotatable bonds is 10. The van der Waals surface area contributed by atoms with Gasteiger partial charge in [0.05, 0.1) is 24.1 Å². The van der Waals surface area contributed by atoms with E-state index in [0.29, 0.717) is 42.9 Å². The third-order valence-corrected chi connectivity index (χ3v) is 12.5. The molecule has 0 radical (unpaired) electrons. The molecule has 54 heavy (non-hydrogen) atoms. The highest BCUT2D eigenvalue weighted by molar-refractivity contribution is 5.91. The van der Waals surface area contributed by atoms with Gasteiger partial charge >= 0.3 is 6.18 Å². The molecule has 5 N–H and O–H groups in total. The van der Waals surface area contributed by atoms with Crippen LogP contribution >= 0.6 is 0 Å². The highest BCUT2D eigenvalue weighted by Crippen LogP contribution is 2.65. The molecular weight excluding hydrogens is 709 g/mol. The topological polar surface area (TPSA) is 176 Å². The number of ether oxygens (including phenoxy) is 3. The zero-order valence-corrected chi connectivity index (χ0v) is 30.2. The highest BCUT2D eigenvalue weighted by Gasteiger charge is 2.61. The van der Waals surface area contributed by atoms with Gasteiger partial charge in [-0.15, -0.1) is 0 Å². The van der Waals surface area contributed by atoms with E-state index >= 15 is 0 Å². The number of phenols is 1. The summed E-state index contributed by atoms with van der Waals surface area (Å²) < 4.78 is 56.6. The van der Waals surface area contributed by atoms with E-state index in [1.807, 2.05) is 6.07 Å². The van der Waals surface area contributed by atoms with Crippen LogP contribution < -0.4 is 14.8 Å². The van der Waals surface area contributed by atoms with Crippen LogP contribution in [0.15, 0.2) is 48.8 Å². The molecule has 0 spiro atoms. The third-order valence-electron chi connectivity index (χ3n) is 12.5. The maximum absolute atomic E-state index is 13.2. The first-order chi connectivity index (χ1) is 25.7. The Kier molecular flexibility index (Phi) is 10.5. The largest absolute Gasteiger partial charge is 0.508 e. The van der Waals surface area contributed by atoms with Crippen molar-refractivity contribution in [2.24, 2.45) is 17.3 Å². The van der Waals surface area contributed by atoms with Gasteiger partial charge in [-0.1, -0.05) is 19.1 Å². The molecule has 2 saturated carbocycles. The fraction of sp³-hybridized carbons (Fsp3) is 0.590. The number of carbonyl (C=O) groups is 1. The van der Waals surface area contributed by atoms with Crippen LogP contribution in [0, 0.1) is 17.3 Å². The number of aliphatic hydroxyl groups excluding tert-OH is 2. The van der Waals surface area contributed by atoms with Crippen LogP contribution in [-0.2, 0) is 17.3 Å². The summed E-state index contributed by atoms with van der Waals surface area (Å²) in [5.74, 6) is 0.860. The summed E-state index contributed by atoms with van der Waals surface area (Å²) in [5.41, 5.74) is 0.457. The molecule has 10 atom stereocenters. The molecule has 3 aromatic rings. The van der Waals surface area contributed by atoms with Gasteiger partial charge < -0.3 is 40.0 Å². The van der Waals surface area contributed by atoms with Crippen LogP contribution in [-0.4, -0.2) is 90.6 Å². The second-order valence-corrected chi connectivity index (χ2v) is 15.5. The number of nitrogens with zero attached hydrogens (tertiary/aromatic N) is 3. The van der Waals surface area contributed by atoms with Crippen LogP contribution in [0.1, 0.15) is 92.0 Å². The van der Waals surface area contributed by atoms with Crippen molar-refractivity contribution < 1.29 is 52.6 Å². The quantitative estimate of drug-likeness (QED) is 0.181. The van der Waals surface area contributed by atoms with E-state index < -0.39 is 59.8 Å². The Bertz CT molecular complexity index is 1820. The number of halogens is 3. The Morgan fingerprint density at radius 3 is 2.63 bits per heavy atom. The Balaban J connectivity index is 0.901. The minimum absolute atomic E-state index is 0.0138. The highest BCUT2D eigenvalue weighted by atomic mass is 19.4.